The van der Waals surface area contributed by atoms with Crippen molar-refractivity contribution in [3.8, 4) is 5.75 Å². The minimum Gasteiger partial charge on any atom is -0.495 e. The predicted molar refractivity (Wildman–Crippen MR) is 142 cm³/mol. The number of carbonyl (C=O) groups excluding carboxylic acids is 2. The first-order valence-electron chi connectivity index (χ1n) is 12.8. The van der Waals surface area contributed by atoms with Crippen molar-refractivity contribution in [1.82, 2.24) is 14.9 Å². The van der Waals surface area contributed by atoms with Gasteiger partial charge in [0.25, 0.3) is 0 Å². The van der Waals surface area contributed by atoms with Gasteiger partial charge in [0.1, 0.15) is 5.75 Å². The van der Waals surface area contributed by atoms with Crippen LogP contribution in [0.1, 0.15) is 24.0 Å². The Morgan fingerprint density at radius 2 is 1.74 bits per heavy atom. The minimum atomic E-state index is -0.914. The van der Waals surface area contributed by atoms with E-state index in [4.69, 9.17) is 14.7 Å². The maximum absolute atomic E-state index is 13.2. The van der Waals surface area contributed by atoms with Crippen LogP contribution in [0.4, 0.5) is 21.0 Å². The topological polar surface area (TPSA) is 124 Å². The normalized spacial score (nSPS) is 17.8. The van der Waals surface area contributed by atoms with E-state index in [0.717, 1.165) is 29.7 Å². The molecule has 0 radical (unpaired) electrons. The summed E-state index contributed by atoms with van der Waals surface area (Å²) in [6, 6.07) is 12.4. The maximum Gasteiger partial charge on any atom is 0.407 e. The van der Waals surface area contributed by atoms with E-state index >= 15 is 0 Å². The zero-order valence-corrected chi connectivity index (χ0v) is 21.8. The summed E-state index contributed by atoms with van der Waals surface area (Å²) in [6.45, 7) is 4.82. The Morgan fingerprint density at radius 3 is 2.45 bits per heavy atom. The second kappa shape index (κ2) is 12.6. The molecule has 2 fully saturated rings. The summed E-state index contributed by atoms with van der Waals surface area (Å²) in [5, 5.41) is 16.5. The standard InChI is InChI=1S/C27H35N5O6/c1-19-6-3-4-8-22(19)28-26(34)29-23-10-9-20(16-24(23)37-2)17-25(33)32-11-5-7-21(32)18-38-31-14-12-30(13-15-31)27(35)36/h3-4,6,8-10,16,21H,5,7,11-15,17-18H2,1-2H3,(H,35,36)(H2,28,29,34)/t21-/m0/s1. The predicted octanol–water partition coefficient (Wildman–Crippen LogP) is 3.41. The van der Waals surface area contributed by atoms with Crippen molar-refractivity contribution in [2.75, 3.05) is 57.1 Å². The molecule has 38 heavy (non-hydrogen) atoms. The highest BCUT2D eigenvalue weighted by molar-refractivity contribution is 6.01. The molecule has 0 aliphatic carbocycles. The third-order valence-electron chi connectivity index (χ3n) is 6.92. The third-order valence-corrected chi connectivity index (χ3v) is 6.92. The van der Waals surface area contributed by atoms with Gasteiger partial charge in [0.15, 0.2) is 0 Å². The maximum atomic E-state index is 13.2. The largest absolute Gasteiger partial charge is 0.495 e. The lowest BCUT2D eigenvalue weighted by Crippen LogP contribution is -2.49. The number of nitrogens with zero attached hydrogens (tertiary/aromatic N) is 3. The van der Waals surface area contributed by atoms with E-state index in [2.05, 4.69) is 10.6 Å². The molecular weight excluding hydrogens is 490 g/mol. The molecule has 204 valence electrons. The van der Waals surface area contributed by atoms with Crippen LogP contribution in [-0.4, -0.2) is 90.5 Å². The average molecular weight is 526 g/mol. The molecule has 0 aromatic heterocycles. The van der Waals surface area contributed by atoms with Crippen LogP contribution in [0.2, 0.25) is 0 Å². The molecule has 2 aromatic carbocycles. The molecular formula is C27H35N5O6. The Labute approximate surface area is 222 Å². The summed E-state index contributed by atoms with van der Waals surface area (Å²) in [6.07, 6.45) is 1.07. The number of hydrogen-bond donors (Lipinski definition) is 3. The quantitative estimate of drug-likeness (QED) is 0.483. The number of benzene rings is 2. The van der Waals surface area contributed by atoms with Crippen molar-refractivity contribution in [3.63, 3.8) is 0 Å². The number of carboxylic acid groups (broad SMARTS) is 1. The number of likely N-dealkylation sites (tertiary alicyclic amines) is 1. The highest BCUT2D eigenvalue weighted by Crippen LogP contribution is 2.27. The number of para-hydroxylation sites is 1. The second-order valence-electron chi connectivity index (χ2n) is 9.48. The van der Waals surface area contributed by atoms with Crippen molar-refractivity contribution in [1.29, 1.82) is 0 Å². The molecule has 2 heterocycles. The zero-order valence-electron chi connectivity index (χ0n) is 21.8. The molecule has 0 unspecified atom stereocenters. The van der Waals surface area contributed by atoms with E-state index in [-0.39, 0.29) is 24.4 Å². The summed E-state index contributed by atoms with van der Waals surface area (Å²) in [7, 11) is 1.52. The Morgan fingerprint density at radius 1 is 1.00 bits per heavy atom. The van der Waals surface area contributed by atoms with Crippen molar-refractivity contribution in [2.24, 2.45) is 0 Å². The molecule has 3 N–H and O–H groups in total. The smallest absolute Gasteiger partial charge is 0.407 e. The summed E-state index contributed by atoms with van der Waals surface area (Å²) in [5.41, 5.74) is 2.96. The molecule has 11 heteroatoms. The first-order valence-corrected chi connectivity index (χ1v) is 12.8. The molecule has 1 atom stereocenters. The fourth-order valence-electron chi connectivity index (χ4n) is 4.75. The molecule has 4 rings (SSSR count). The van der Waals surface area contributed by atoms with E-state index in [1.165, 1.54) is 12.0 Å². The summed E-state index contributed by atoms with van der Waals surface area (Å²) in [4.78, 5) is 45.9. The van der Waals surface area contributed by atoms with Gasteiger partial charge in [-0.15, -0.1) is 0 Å². The summed E-state index contributed by atoms with van der Waals surface area (Å²) >= 11 is 0. The number of nitrogens with one attached hydrogen (secondary N) is 2. The highest BCUT2D eigenvalue weighted by atomic mass is 16.7. The number of carbonyl (C=O) groups is 3. The molecule has 0 spiro atoms. The van der Waals surface area contributed by atoms with E-state index < -0.39 is 6.09 Å². The van der Waals surface area contributed by atoms with Gasteiger partial charge in [0.05, 0.1) is 31.9 Å². The molecule has 2 aliphatic rings. The van der Waals surface area contributed by atoms with Gasteiger partial charge in [-0.05, 0) is 49.1 Å². The molecule has 4 amide bonds. The lowest BCUT2D eigenvalue weighted by molar-refractivity contribution is -0.185. The Bertz CT molecular complexity index is 1150. The van der Waals surface area contributed by atoms with E-state index in [9.17, 15) is 14.4 Å². The van der Waals surface area contributed by atoms with E-state index in [1.54, 1.807) is 17.2 Å². The van der Waals surface area contributed by atoms with Crippen LogP contribution in [0.3, 0.4) is 0 Å². The molecule has 0 saturated carbocycles. The van der Waals surface area contributed by atoms with Gasteiger partial charge in [-0.3, -0.25) is 9.63 Å². The van der Waals surface area contributed by atoms with Crippen LogP contribution < -0.4 is 15.4 Å². The summed E-state index contributed by atoms with van der Waals surface area (Å²) < 4.78 is 5.48. The third kappa shape index (κ3) is 6.93. The fraction of sp³-hybridized carbons (Fsp3) is 0.444. The number of hydroxylamine groups is 2. The number of rotatable bonds is 8. The Hall–Kier alpha value is -3.83. The summed E-state index contributed by atoms with van der Waals surface area (Å²) in [5.74, 6) is 0.476. The molecule has 2 aliphatic heterocycles. The number of aryl methyl sites for hydroxylation is 1. The number of anilines is 2. The van der Waals surface area contributed by atoms with E-state index in [0.29, 0.717) is 50.8 Å². The van der Waals surface area contributed by atoms with E-state index in [1.807, 2.05) is 42.2 Å². The van der Waals surface area contributed by atoms with Gasteiger partial charge >= 0.3 is 12.1 Å². The monoisotopic (exact) mass is 525 g/mol. The first-order chi connectivity index (χ1) is 18.3. The van der Waals surface area contributed by atoms with Crippen LogP contribution in [0.15, 0.2) is 42.5 Å². The lowest BCUT2D eigenvalue weighted by atomic mass is 10.1. The van der Waals surface area contributed by atoms with Gasteiger partial charge in [0, 0.05) is 38.4 Å². The second-order valence-corrected chi connectivity index (χ2v) is 9.48. The number of urea groups is 1. The number of ether oxygens (including phenoxy) is 1. The van der Waals surface area contributed by atoms with Crippen molar-refractivity contribution in [2.45, 2.75) is 32.2 Å². The van der Waals surface area contributed by atoms with Crippen molar-refractivity contribution < 1.29 is 29.1 Å². The zero-order chi connectivity index (χ0) is 27.1. The Kier molecular flexibility index (Phi) is 9.03. The molecule has 2 aromatic rings. The number of hydrogen-bond acceptors (Lipinski definition) is 6. The number of methoxy groups -OCH3 is 1. The van der Waals surface area contributed by atoms with Crippen LogP contribution in [0, 0.1) is 6.92 Å². The van der Waals surface area contributed by atoms with Gasteiger partial charge in [-0.1, -0.05) is 24.3 Å². The fourth-order valence-corrected chi connectivity index (χ4v) is 4.75. The Balaban J connectivity index is 1.30. The molecule has 0 bridgehead atoms. The van der Waals surface area contributed by atoms with Crippen LogP contribution in [0.5, 0.6) is 5.75 Å². The average Bonchev–Trinajstić information content (AvgIpc) is 3.39. The lowest BCUT2D eigenvalue weighted by Gasteiger charge is -2.34. The van der Waals surface area contributed by atoms with Crippen LogP contribution in [-0.2, 0) is 16.1 Å². The van der Waals surface area contributed by atoms with Crippen molar-refractivity contribution in [3.05, 3.63) is 53.6 Å². The van der Waals surface area contributed by atoms with Gasteiger partial charge in [-0.2, -0.15) is 5.06 Å². The van der Waals surface area contributed by atoms with Gasteiger partial charge in [-0.25, -0.2) is 9.59 Å². The molecule has 2 saturated heterocycles. The SMILES string of the molecule is COc1cc(CC(=O)N2CCC[C@H]2CON2CCN(C(=O)O)CC2)ccc1NC(=O)Nc1ccccc1C. The van der Waals surface area contributed by atoms with Gasteiger partial charge in [0.2, 0.25) is 5.91 Å². The minimum absolute atomic E-state index is 0.00635. The van der Waals surface area contributed by atoms with Crippen molar-refractivity contribution >= 4 is 29.4 Å². The number of piperazine rings is 1. The van der Waals surface area contributed by atoms with Gasteiger partial charge < -0.3 is 30.3 Å². The highest BCUT2D eigenvalue weighted by Gasteiger charge is 2.30. The van der Waals surface area contributed by atoms with Crippen LogP contribution in [0.25, 0.3) is 0 Å². The first kappa shape index (κ1) is 27.2. The van der Waals surface area contributed by atoms with Crippen LogP contribution >= 0.6 is 0 Å². The number of amides is 4. The molecule has 11 nitrogen and oxygen atoms in total.